The summed E-state index contributed by atoms with van der Waals surface area (Å²) in [6.45, 7) is 0. The minimum absolute atomic E-state index is 0.606. The van der Waals surface area contributed by atoms with Crippen molar-refractivity contribution < 1.29 is 4.57 Å². The summed E-state index contributed by atoms with van der Waals surface area (Å²) >= 11 is 6.10. The molecule has 4 nitrogen and oxygen atoms in total. The molecule has 19 heavy (non-hydrogen) atoms. The summed E-state index contributed by atoms with van der Waals surface area (Å²) < 4.78 is 3.67. The van der Waals surface area contributed by atoms with E-state index < -0.39 is 0 Å². The van der Waals surface area contributed by atoms with Crippen molar-refractivity contribution in [3.05, 3.63) is 53.6 Å². The van der Waals surface area contributed by atoms with Crippen LogP contribution in [-0.4, -0.2) is 9.38 Å². The molecule has 3 aromatic heterocycles. The molecular weight excluding hydrogens is 260 g/mol. The second-order valence-electron chi connectivity index (χ2n) is 4.27. The van der Waals surface area contributed by atoms with Gasteiger partial charge in [0.05, 0.1) is 11.3 Å². The standard InChI is InChI=1S/C14H10ClN4/c1-18-5-4-11(6-13(18)15)12-9-19-8-10(7-16)2-3-14(19)17-12/h2-6,8-9H,1H3/q+1. The maximum Gasteiger partial charge on any atom is 0.275 e. The highest BCUT2D eigenvalue weighted by atomic mass is 35.5. The first-order chi connectivity index (χ1) is 9.17. The molecule has 0 radical (unpaired) electrons. The van der Waals surface area contributed by atoms with Crippen LogP contribution in [0.3, 0.4) is 0 Å². The number of halogens is 1. The van der Waals surface area contributed by atoms with Crippen molar-refractivity contribution in [2.45, 2.75) is 0 Å². The highest BCUT2D eigenvalue weighted by Crippen LogP contribution is 2.20. The summed E-state index contributed by atoms with van der Waals surface area (Å²) in [5.41, 5.74) is 3.19. The van der Waals surface area contributed by atoms with E-state index in [2.05, 4.69) is 11.1 Å². The van der Waals surface area contributed by atoms with Gasteiger partial charge in [0.25, 0.3) is 5.15 Å². The van der Waals surface area contributed by atoms with Gasteiger partial charge < -0.3 is 4.40 Å². The van der Waals surface area contributed by atoms with Gasteiger partial charge in [-0.2, -0.15) is 9.83 Å². The van der Waals surface area contributed by atoms with E-state index in [1.807, 2.05) is 46.6 Å². The van der Waals surface area contributed by atoms with E-state index in [9.17, 15) is 0 Å². The maximum atomic E-state index is 8.88. The van der Waals surface area contributed by atoms with Gasteiger partial charge in [0.15, 0.2) is 6.20 Å². The molecule has 0 aliphatic heterocycles. The van der Waals surface area contributed by atoms with Gasteiger partial charge in [-0.15, -0.1) is 0 Å². The minimum Gasteiger partial charge on any atom is -0.305 e. The lowest BCUT2D eigenvalue weighted by Crippen LogP contribution is -2.28. The monoisotopic (exact) mass is 269 g/mol. The largest absolute Gasteiger partial charge is 0.305 e. The molecule has 92 valence electrons. The van der Waals surface area contributed by atoms with Crippen LogP contribution in [0.1, 0.15) is 5.56 Å². The third-order valence-corrected chi connectivity index (χ3v) is 3.34. The Morgan fingerprint density at radius 2 is 2.16 bits per heavy atom. The van der Waals surface area contributed by atoms with Gasteiger partial charge in [-0.25, -0.2) is 4.98 Å². The van der Waals surface area contributed by atoms with E-state index in [0.29, 0.717) is 10.7 Å². The Morgan fingerprint density at radius 3 is 2.89 bits per heavy atom. The Kier molecular flexibility index (Phi) is 2.69. The number of rotatable bonds is 1. The molecule has 0 aliphatic rings. The van der Waals surface area contributed by atoms with Gasteiger partial charge >= 0.3 is 0 Å². The Bertz CT molecular complexity index is 814. The quantitative estimate of drug-likeness (QED) is 0.503. The van der Waals surface area contributed by atoms with Crippen molar-refractivity contribution in [3.63, 3.8) is 0 Å². The first kappa shape index (κ1) is 11.7. The van der Waals surface area contributed by atoms with Crippen LogP contribution in [-0.2, 0) is 7.05 Å². The fourth-order valence-electron chi connectivity index (χ4n) is 1.90. The SMILES string of the molecule is C[n+]1ccc(-c2cn3cc(C#N)ccc3n2)cc1Cl. The van der Waals surface area contributed by atoms with Crippen molar-refractivity contribution in [2.75, 3.05) is 0 Å². The molecule has 3 rings (SSSR count). The third kappa shape index (κ3) is 2.05. The second kappa shape index (κ2) is 4.38. The molecule has 0 saturated heterocycles. The molecule has 0 spiro atoms. The predicted molar refractivity (Wildman–Crippen MR) is 71.5 cm³/mol. The lowest BCUT2D eigenvalue weighted by molar-refractivity contribution is -0.669. The summed E-state index contributed by atoms with van der Waals surface area (Å²) in [6, 6.07) is 9.52. The fourth-order valence-corrected chi connectivity index (χ4v) is 2.07. The van der Waals surface area contributed by atoms with Gasteiger partial charge in [-0.3, -0.25) is 0 Å². The molecule has 0 bridgehead atoms. The van der Waals surface area contributed by atoms with Gasteiger partial charge in [-0.1, -0.05) is 0 Å². The number of aromatic nitrogens is 3. The summed E-state index contributed by atoms with van der Waals surface area (Å²) in [5.74, 6) is 0. The molecule has 3 aromatic rings. The second-order valence-corrected chi connectivity index (χ2v) is 4.66. The Hall–Kier alpha value is -2.38. The lowest BCUT2D eigenvalue weighted by atomic mass is 10.2. The number of nitrogens with zero attached hydrogens (tertiary/aromatic N) is 4. The molecule has 0 atom stereocenters. The molecule has 0 amide bonds. The van der Waals surface area contributed by atoms with E-state index in [1.165, 1.54) is 0 Å². The van der Waals surface area contributed by atoms with Crippen LogP contribution < -0.4 is 4.57 Å². The molecule has 0 N–H and O–H groups in total. The zero-order valence-electron chi connectivity index (χ0n) is 10.2. The smallest absolute Gasteiger partial charge is 0.275 e. The van der Waals surface area contributed by atoms with E-state index in [0.717, 1.165) is 16.9 Å². The van der Waals surface area contributed by atoms with Gasteiger partial charge in [-0.05, 0) is 23.7 Å². The summed E-state index contributed by atoms with van der Waals surface area (Å²) in [4.78, 5) is 4.51. The maximum absolute atomic E-state index is 8.88. The molecule has 0 aromatic carbocycles. The topological polar surface area (TPSA) is 45.0 Å². The number of fused-ring (bicyclic) bond motifs is 1. The number of imidazole rings is 1. The minimum atomic E-state index is 0.606. The number of aryl methyl sites for hydroxylation is 1. The molecule has 0 aliphatic carbocycles. The van der Waals surface area contributed by atoms with Crippen LogP contribution in [0.4, 0.5) is 0 Å². The summed E-state index contributed by atoms with van der Waals surface area (Å²) in [6.07, 6.45) is 5.54. The van der Waals surface area contributed by atoms with Crippen molar-refractivity contribution in [1.29, 1.82) is 5.26 Å². The summed E-state index contributed by atoms with van der Waals surface area (Å²) in [5, 5.41) is 9.53. The van der Waals surface area contributed by atoms with Crippen LogP contribution in [0.25, 0.3) is 16.9 Å². The van der Waals surface area contributed by atoms with Gasteiger partial charge in [0, 0.05) is 30.1 Å². The number of hydrogen-bond donors (Lipinski definition) is 0. The first-order valence-corrected chi connectivity index (χ1v) is 6.09. The molecule has 0 fully saturated rings. The number of nitriles is 1. The van der Waals surface area contributed by atoms with Crippen LogP contribution in [0, 0.1) is 11.3 Å². The Labute approximate surface area is 115 Å². The lowest BCUT2D eigenvalue weighted by Gasteiger charge is -1.95. The first-order valence-electron chi connectivity index (χ1n) is 5.72. The van der Waals surface area contributed by atoms with Crippen LogP contribution >= 0.6 is 11.6 Å². The van der Waals surface area contributed by atoms with Crippen LogP contribution in [0.2, 0.25) is 5.15 Å². The molecule has 3 heterocycles. The predicted octanol–water partition coefficient (Wildman–Crippen LogP) is 2.35. The van der Waals surface area contributed by atoms with Crippen molar-refractivity contribution in [1.82, 2.24) is 9.38 Å². The molecular formula is C14H10ClN4+. The van der Waals surface area contributed by atoms with E-state index in [-0.39, 0.29) is 0 Å². The molecule has 0 saturated carbocycles. The fraction of sp³-hybridized carbons (Fsp3) is 0.0714. The number of pyridine rings is 2. The van der Waals surface area contributed by atoms with Gasteiger partial charge in [0.1, 0.15) is 18.8 Å². The van der Waals surface area contributed by atoms with E-state index >= 15 is 0 Å². The highest BCUT2D eigenvalue weighted by Gasteiger charge is 2.09. The molecule has 5 heteroatoms. The van der Waals surface area contributed by atoms with Crippen LogP contribution in [0.5, 0.6) is 0 Å². The van der Waals surface area contributed by atoms with Crippen molar-refractivity contribution in [2.24, 2.45) is 7.05 Å². The van der Waals surface area contributed by atoms with Crippen molar-refractivity contribution in [3.8, 4) is 17.3 Å². The Balaban J connectivity index is 2.15. The number of hydrogen-bond acceptors (Lipinski definition) is 2. The average molecular weight is 270 g/mol. The van der Waals surface area contributed by atoms with Gasteiger partial charge in [0.2, 0.25) is 0 Å². The zero-order chi connectivity index (χ0) is 13.4. The Morgan fingerprint density at radius 1 is 1.32 bits per heavy atom. The summed E-state index contributed by atoms with van der Waals surface area (Å²) in [7, 11) is 1.88. The zero-order valence-corrected chi connectivity index (χ0v) is 11.0. The van der Waals surface area contributed by atoms with E-state index in [1.54, 1.807) is 12.3 Å². The molecule has 0 unspecified atom stereocenters. The van der Waals surface area contributed by atoms with E-state index in [4.69, 9.17) is 16.9 Å². The van der Waals surface area contributed by atoms with Crippen molar-refractivity contribution >= 4 is 17.2 Å². The average Bonchev–Trinajstić information content (AvgIpc) is 2.84. The highest BCUT2D eigenvalue weighted by molar-refractivity contribution is 6.28. The van der Waals surface area contributed by atoms with Crippen LogP contribution in [0.15, 0.2) is 42.9 Å². The normalized spacial score (nSPS) is 10.6. The third-order valence-electron chi connectivity index (χ3n) is 2.97.